The molecule has 0 aliphatic carbocycles. The largest absolute Gasteiger partial charge is 0.306 e. The molecule has 120 valence electrons. The van der Waals surface area contributed by atoms with Crippen molar-refractivity contribution in [3.05, 3.63) is 77.2 Å². The Morgan fingerprint density at radius 1 is 1.04 bits per heavy atom. The number of pyridine rings is 1. The van der Waals surface area contributed by atoms with Gasteiger partial charge in [0.15, 0.2) is 5.78 Å². The fourth-order valence-corrected chi connectivity index (χ4v) is 2.48. The maximum atomic E-state index is 12.8. The summed E-state index contributed by atoms with van der Waals surface area (Å²) in [6, 6.07) is 12.2. The Bertz CT molecular complexity index is 886. The molecule has 0 bridgehead atoms. The SMILES string of the molecule is Cc1nn(C)c(NC(=O)c2ccccc2)c1C(=O)c1cccnc1. The second-order valence-electron chi connectivity index (χ2n) is 5.32. The van der Waals surface area contributed by atoms with E-state index in [0.717, 1.165) is 0 Å². The minimum atomic E-state index is -0.293. The molecule has 3 rings (SSSR count). The van der Waals surface area contributed by atoms with Crippen molar-refractivity contribution in [2.45, 2.75) is 6.92 Å². The third-order valence-corrected chi connectivity index (χ3v) is 3.64. The molecular formula is C18H16N4O2. The van der Waals surface area contributed by atoms with E-state index in [1.54, 1.807) is 56.6 Å². The predicted octanol–water partition coefficient (Wildman–Crippen LogP) is 2.61. The Morgan fingerprint density at radius 2 is 1.75 bits per heavy atom. The van der Waals surface area contributed by atoms with Crippen LogP contribution in [0, 0.1) is 6.92 Å². The van der Waals surface area contributed by atoms with Gasteiger partial charge in [-0.1, -0.05) is 18.2 Å². The molecule has 1 amide bonds. The molecule has 1 N–H and O–H groups in total. The van der Waals surface area contributed by atoms with Crippen molar-refractivity contribution in [1.29, 1.82) is 0 Å². The molecule has 1 aromatic carbocycles. The number of hydrogen-bond donors (Lipinski definition) is 1. The lowest BCUT2D eigenvalue weighted by molar-refractivity contribution is 0.102. The number of rotatable bonds is 4. The molecule has 0 saturated heterocycles. The summed E-state index contributed by atoms with van der Waals surface area (Å²) in [5, 5.41) is 7.05. The van der Waals surface area contributed by atoms with Crippen LogP contribution in [-0.4, -0.2) is 26.5 Å². The monoisotopic (exact) mass is 320 g/mol. The van der Waals surface area contributed by atoms with Crippen molar-refractivity contribution in [2.24, 2.45) is 7.05 Å². The third kappa shape index (κ3) is 2.94. The molecule has 6 nitrogen and oxygen atoms in total. The summed E-state index contributed by atoms with van der Waals surface area (Å²) < 4.78 is 1.50. The number of aryl methyl sites for hydroxylation is 2. The van der Waals surface area contributed by atoms with E-state index >= 15 is 0 Å². The summed E-state index contributed by atoms with van der Waals surface area (Å²) in [5.41, 5.74) is 1.88. The number of ketones is 1. The van der Waals surface area contributed by atoms with Crippen LogP contribution in [0.2, 0.25) is 0 Å². The molecular weight excluding hydrogens is 304 g/mol. The summed E-state index contributed by atoms with van der Waals surface area (Å²) in [6.07, 6.45) is 3.10. The number of hydrogen-bond acceptors (Lipinski definition) is 4. The van der Waals surface area contributed by atoms with Gasteiger partial charge in [0.2, 0.25) is 0 Å². The van der Waals surface area contributed by atoms with Gasteiger partial charge in [-0.25, -0.2) is 0 Å². The Kier molecular flexibility index (Phi) is 4.20. The average molecular weight is 320 g/mol. The molecule has 0 aliphatic rings. The number of aromatic nitrogens is 3. The first-order valence-corrected chi connectivity index (χ1v) is 7.42. The average Bonchev–Trinajstić information content (AvgIpc) is 2.89. The van der Waals surface area contributed by atoms with Crippen molar-refractivity contribution >= 4 is 17.5 Å². The minimum absolute atomic E-state index is 0.225. The number of nitrogens with zero attached hydrogens (tertiary/aromatic N) is 3. The number of carbonyl (C=O) groups is 2. The van der Waals surface area contributed by atoms with Gasteiger partial charge < -0.3 is 5.32 Å². The minimum Gasteiger partial charge on any atom is -0.306 e. The number of carbonyl (C=O) groups excluding carboxylic acids is 2. The second-order valence-corrected chi connectivity index (χ2v) is 5.32. The van der Waals surface area contributed by atoms with E-state index in [4.69, 9.17) is 0 Å². The Balaban J connectivity index is 1.97. The van der Waals surface area contributed by atoms with Crippen LogP contribution < -0.4 is 5.32 Å². The summed E-state index contributed by atoms with van der Waals surface area (Å²) in [6.45, 7) is 1.74. The van der Waals surface area contributed by atoms with Crippen LogP contribution >= 0.6 is 0 Å². The third-order valence-electron chi connectivity index (χ3n) is 3.64. The molecule has 0 spiro atoms. The van der Waals surface area contributed by atoms with E-state index in [0.29, 0.717) is 28.2 Å². The molecule has 0 atom stereocenters. The number of anilines is 1. The molecule has 2 aromatic heterocycles. The lowest BCUT2D eigenvalue weighted by Crippen LogP contribution is -2.17. The van der Waals surface area contributed by atoms with Crippen LogP contribution in [0.5, 0.6) is 0 Å². The van der Waals surface area contributed by atoms with Crippen molar-refractivity contribution < 1.29 is 9.59 Å². The van der Waals surface area contributed by atoms with Gasteiger partial charge in [0, 0.05) is 30.6 Å². The van der Waals surface area contributed by atoms with E-state index in [2.05, 4.69) is 15.4 Å². The summed E-state index contributed by atoms with van der Waals surface area (Å²) in [7, 11) is 1.69. The van der Waals surface area contributed by atoms with Gasteiger partial charge in [-0.05, 0) is 31.2 Å². The first-order chi connectivity index (χ1) is 11.6. The topological polar surface area (TPSA) is 76.9 Å². The number of benzene rings is 1. The summed E-state index contributed by atoms with van der Waals surface area (Å²) in [5.74, 6) is -0.147. The Labute approximate surface area is 139 Å². The number of nitrogens with one attached hydrogen (secondary N) is 1. The molecule has 0 fully saturated rings. The molecule has 6 heteroatoms. The molecule has 0 aliphatic heterocycles. The summed E-state index contributed by atoms with van der Waals surface area (Å²) in [4.78, 5) is 29.2. The number of amides is 1. The van der Waals surface area contributed by atoms with Gasteiger partial charge in [0.25, 0.3) is 5.91 Å². The smallest absolute Gasteiger partial charge is 0.256 e. The molecule has 0 radical (unpaired) electrons. The normalized spacial score (nSPS) is 10.4. The highest BCUT2D eigenvalue weighted by Gasteiger charge is 2.23. The fourth-order valence-electron chi connectivity index (χ4n) is 2.48. The van der Waals surface area contributed by atoms with Crippen molar-refractivity contribution in [3.63, 3.8) is 0 Å². The van der Waals surface area contributed by atoms with Crippen LogP contribution in [0.3, 0.4) is 0 Å². The van der Waals surface area contributed by atoms with Crippen molar-refractivity contribution in [2.75, 3.05) is 5.32 Å². The Morgan fingerprint density at radius 3 is 2.42 bits per heavy atom. The van der Waals surface area contributed by atoms with Crippen LogP contribution in [0.15, 0.2) is 54.9 Å². The fraction of sp³-hybridized carbons (Fsp3) is 0.111. The highest BCUT2D eigenvalue weighted by atomic mass is 16.2. The quantitative estimate of drug-likeness (QED) is 0.750. The van der Waals surface area contributed by atoms with Crippen molar-refractivity contribution in [3.8, 4) is 0 Å². The van der Waals surface area contributed by atoms with E-state index in [1.165, 1.54) is 10.9 Å². The zero-order valence-electron chi connectivity index (χ0n) is 13.4. The lowest BCUT2D eigenvalue weighted by Gasteiger charge is -2.08. The Hall–Kier alpha value is -3.28. The van der Waals surface area contributed by atoms with Crippen LogP contribution in [0.25, 0.3) is 0 Å². The van der Waals surface area contributed by atoms with Crippen LogP contribution in [0.1, 0.15) is 32.0 Å². The predicted molar refractivity (Wildman–Crippen MR) is 90.0 cm³/mol. The molecule has 0 saturated carbocycles. The van der Waals surface area contributed by atoms with Gasteiger partial charge in [0.05, 0.1) is 11.3 Å². The molecule has 24 heavy (non-hydrogen) atoms. The summed E-state index contributed by atoms with van der Waals surface area (Å²) >= 11 is 0. The zero-order chi connectivity index (χ0) is 17.1. The van der Waals surface area contributed by atoms with Gasteiger partial charge in [-0.15, -0.1) is 0 Å². The molecule has 2 heterocycles. The molecule has 3 aromatic rings. The van der Waals surface area contributed by atoms with Crippen molar-refractivity contribution in [1.82, 2.24) is 14.8 Å². The highest BCUT2D eigenvalue weighted by molar-refractivity contribution is 6.15. The van der Waals surface area contributed by atoms with Crippen LogP contribution in [-0.2, 0) is 7.05 Å². The van der Waals surface area contributed by atoms with E-state index in [9.17, 15) is 9.59 Å². The maximum Gasteiger partial charge on any atom is 0.256 e. The maximum absolute atomic E-state index is 12.8. The standard InChI is InChI=1S/C18H16N4O2/c1-12-15(16(23)14-9-6-10-19-11-14)17(22(2)21-12)20-18(24)13-7-4-3-5-8-13/h3-11H,1-2H3,(H,20,24). The first-order valence-electron chi connectivity index (χ1n) is 7.42. The van der Waals surface area contributed by atoms with Gasteiger partial charge in [0.1, 0.15) is 5.82 Å². The van der Waals surface area contributed by atoms with Gasteiger partial charge >= 0.3 is 0 Å². The van der Waals surface area contributed by atoms with Crippen LogP contribution in [0.4, 0.5) is 5.82 Å². The zero-order valence-corrected chi connectivity index (χ0v) is 13.4. The van der Waals surface area contributed by atoms with E-state index < -0.39 is 0 Å². The second kappa shape index (κ2) is 6.45. The first kappa shape index (κ1) is 15.6. The van der Waals surface area contributed by atoms with Gasteiger partial charge in [-0.3, -0.25) is 19.3 Å². The van der Waals surface area contributed by atoms with Gasteiger partial charge in [-0.2, -0.15) is 5.10 Å². The highest BCUT2D eigenvalue weighted by Crippen LogP contribution is 2.23. The van der Waals surface area contributed by atoms with E-state index in [1.807, 2.05) is 6.07 Å². The molecule has 0 unspecified atom stereocenters. The lowest BCUT2D eigenvalue weighted by atomic mass is 10.0. The van der Waals surface area contributed by atoms with E-state index in [-0.39, 0.29) is 11.7 Å².